The summed E-state index contributed by atoms with van der Waals surface area (Å²) in [6, 6.07) is 16.8. The summed E-state index contributed by atoms with van der Waals surface area (Å²) in [4.78, 5) is 30.8. The molecule has 0 N–H and O–H groups in total. The van der Waals surface area contributed by atoms with E-state index in [0.717, 1.165) is 54.8 Å². The van der Waals surface area contributed by atoms with Gasteiger partial charge in [0, 0.05) is 47.8 Å². The van der Waals surface area contributed by atoms with E-state index in [-0.39, 0.29) is 17.9 Å². The van der Waals surface area contributed by atoms with Crippen molar-refractivity contribution in [1.29, 1.82) is 0 Å². The highest BCUT2D eigenvalue weighted by Crippen LogP contribution is 2.43. The van der Waals surface area contributed by atoms with Crippen LogP contribution in [0.15, 0.2) is 66.9 Å². The fraction of sp³-hybridized carbons (Fsp3) is 0.421. The van der Waals surface area contributed by atoms with Crippen LogP contribution in [0, 0.1) is 17.5 Å². The quantitative estimate of drug-likeness (QED) is 0.190. The minimum absolute atomic E-state index is 0.108. The lowest BCUT2D eigenvalue weighted by molar-refractivity contribution is 0.0635. The maximum absolute atomic E-state index is 14.0. The van der Waals surface area contributed by atoms with Crippen LogP contribution in [0.1, 0.15) is 97.0 Å². The van der Waals surface area contributed by atoms with Gasteiger partial charge in [0.2, 0.25) is 0 Å². The van der Waals surface area contributed by atoms with Gasteiger partial charge in [-0.2, -0.15) is 0 Å². The second kappa shape index (κ2) is 13.3. The normalized spacial score (nSPS) is 19.8. The number of benzene rings is 3. The largest absolute Gasteiger partial charge is 0.490 e. The summed E-state index contributed by atoms with van der Waals surface area (Å²) < 4.78 is 49.6. The Labute approximate surface area is 283 Å². The Bertz CT molecular complexity index is 1820. The van der Waals surface area contributed by atoms with Crippen LogP contribution in [-0.4, -0.2) is 67.9 Å². The van der Waals surface area contributed by atoms with E-state index < -0.39 is 28.9 Å². The first-order valence-electron chi connectivity index (χ1n) is 17.1. The highest BCUT2D eigenvalue weighted by Gasteiger charge is 2.45. The second-order valence-electron chi connectivity index (χ2n) is 14.0. The third kappa shape index (κ3) is 6.55. The predicted molar refractivity (Wildman–Crippen MR) is 178 cm³/mol. The SMILES string of the molecule is CC1(C)C(c2cc(F)c(F)c(F)c2)CCN1C(=O)c1cccc(C(=O)N2CCC(n3cc(-c4ccc(OC5CCCC5)cc4)nn3)CC2)c1. The van der Waals surface area contributed by atoms with Gasteiger partial charge in [-0.1, -0.05) is 11.3 Å². The number of likely N-dealkylation sites (tertiary alicyclic amines) is 2. The first-order chi connectivity index (χ1) is 23.6. The first-order valence-corrected chi connectivity index (χ1v) is 17.1. The van der Waals surface area contributed by atoms with Gasteiger partial charge in [0.1, 0.15) is 11.4 Å². The summed E-state index contributed by atoms with van der Waals surface area (Å²) in [5.74, 6) is -3.95. The molecule has 3 heterocycles. The zero-order valence-corrected chi connectivity index (χ0v) is 27.7. The molecule has 2 aliphatic heterocycles. The summed E-state index contributed by atoms with van der Waals surface area (Å²) in [7, 11) is 0. The molecule has 7 rings (SSSR count). The predicted octanol–water partition coefficient (Wildman–Crippen LogP) is 7.57. The maximum Gasteiger partial charge on any atom is 0.254 e. The number of amides is 2. The molecule has 1 aliphatic carbocycles. The number of carbonyl (C=O) groups excluding carboxylic acids is 2. The van der Waals surface area contributed by atoms with Gasteiger partial charge in [0.15, 0.2) is 17.5 Å². The van der Waals surface area contributed by atoms with Gasteiger partial charge in [-0.3, -0.25) is 9.59 Å². The molecule has 8 nitrogen and oxygen atoms in total. The average Bonchev–Trinajstić information content (AvgIpc) is 3.88. The van der Waals surface area contributed by atoms with Crippen molar-refractivity contribution in [1.82, 2.24) is 24.8 Å². The number of carbonyl (C=O) groups is 2. The van der Waals surface area contributed by atoms with Gasteiger partial charge < -0.3 is 14.5 Å². The fourth-order valence-corrected chi connectivity index (χ4v) is 7.75. The molecule has 1 atom stereocenters. The molecule has 0 bridgehead atoms. The van der Waals surface area contributed by atoms with E-state index in [0.29, 0.717) is 48.8 Å². The molecule has 1 saturated carbocycles. The van der Waals surface area contributed by atoms with Crippen LogP contribution in [0.25, 0.3) is 11.3 Å². The van der Waals surface area contributed by atoms with Gasteiger partial charge in [0.25, 0.3) is 11.8 Å². The number of aromatic nitrogens is 3. The lowest BCUT2D eigenvalue weighted by atomic mass is 9.82. The van der Waals surface area contributed by atoms with E-state index in [1.165, 1.54) is 12.8 Å². The van der Waals surface area contributed by atoms with E-state index in [9.17, 15) is 22.8 Å². The van der Waals surface area contributed by atoms with Crippen LogP contribution < -0.4 is 4.74 Å². The number of rotatable bonds is 7. The molecule has 11 heteroatoms. The summed E-state index contributed by atoms with van der Waals surface area (Å²) >= 11 is 0. The molecule has 1 unspecified atom stereocenters. The van der Waals surface area contributed by atoms with E-state index in [4.69, 9.17) is 4.74 Å². The second-order valence-corrected chi connectivity index (χ2v) is 14.0. The number of piperidine rings is 1. The Morgan fingerprint density at radius 1 is 0.816 bits per heavy atom. The Hall–Kier alpha value is -4.67. The first kappa shape index (κ1) is 32.9. The van der Waals surface area contributed by atoms with Gasteiger partial charge in [-0.05, 0) is 119 Å². The Morgan fingerprint density at radius 2 is 1.47 bits per heavy atom. The standard InChI is InChI=1S/C38H40F3N5O3/c1-38(2)31(27-21-32(39)35(41)33(40)22-27)16-19-45(38)37(48)26-7-5-6-25(20-26)36(47)44-17-14-28(15-18-44)46-23-34(42-43-46)24-10-12-30(13-11-24)49-29-8-3-4-9-29/h5-7,10-13,20-23,28-29,31H,3-4,8-9,14-19H2,1-2H3. The summed E-state index contributed by atoms with van der Waals surface area (Å²) in [5.41, 5.74) is 2.05. The van der Waals surface area contributed by atoms with Crippen molar-refractivity contribution in [3.05, 3.63) is 101 Å². The van der Waals surface area contributed by atoms with Crippen LogP contribution in [0.5, 0.6) is 5.75 Å². The molecule has 0 radical (unpaired) electrons. The number of halogens is 3. The molecule has 3 aliphatic rings. The monoisotopic (exact) mass is 671 g/mol. The van der Waals surface area contributed by atoms with Gasteiger partial charge >= 0.3 is 0 Å². The topological polar surface area (TPSA) is 80.6 Å². The molecule has 1 aromatic heterocycles. The van der Waals surface area contributed by atoms with Crippen LogP contribution in [-0.2, 0) is 0 Å². The Morgan fingerprint density at radius 3 is 2.14 bits per heavy atom. The smallest absolute Gasteiger partial charge is 0.254 e. The third-order valence-corrected chi connectivity index (χ3v) is 10.6. The van der Waals surface area contributed by atoms with Crippen molar-refractivity contribution in [3.63, 3.8) is 0 Å². The van der Waals surface area contributed by atoms with Crippen molar-refractivity contribution in [2.24, 2.45) is 0 Å². The minimum Gasteiger partial charge on any atom is -0.490 e. The van der Waals surface area contributed by atoms with Crippen LogP contribution in [0.4, 0.5) is 13.2 Å². The highest BCUT2D eigenvalue weighted by atomic mass is 19.2. The van der Waals surface area contributed by atoms with Crippen LogP contribution in [0.2, 0.25) is 0 Å². The molecular formula is C38H40F3N5O3. The molecule has 256 valence electrons. The van der Waals surface area contributed by atoms with E-state index in [2.05, 4.69) is 10.3 Å². The van der Waals surface area contributed by atoms with Crippen molar-refractivity contribution in [2.45, 2.75) is 82.4 Å². The molecule has 3 aromatic carbocycles. The van der Waals surface area contributed by atoms with Crippen molar-refractivity contribution >= 4 is 11.8 Å². The Kier molecular flexibility index (Phi) is 8.94. The fourth-order valence-electron chi connectivity index (χ4n) is 7.75. The lowest BCUT2D eigenvalue weighted by Crippen LogP contribution is -2.45. The number of hydrogen-bond acceptors (Lipinski definition) is 5. The van der Waals surface area contributed by atoms with E-state index in [1.54, 1.807) is 34.1 Å². The number of nitrogens with zero attached hydrogens (tertiary/aromatic N) is 5. The van der Waals surface area contributed by atoms with Crippen LogP contribution in [0.3, 0.4) is 0 Å². The van der Waals surface area contributed by atoms with Crippen LogP contribution >= 0.6 is 0 Å². The average molecular weight is 672 g/mol. The third-order valence-electron chi connectivity index (χ3n) is 10.6. The summed E-state index contributed by atoms with van der Waals surface area (Å²) in [5, 5.41) is 8.81. The summed E-state index contributed by atoms with van der Waals surface area (Å²) in [6.45, 7) is 5.10. The summed E-state index contributed by atoms with van der Waals surface area (Å²) in [6.07, 6.45) is 8.84. The van der Waals surface area contributed by atoms with Crippen molar-refractivity contribution < 1.29 is 27.5 Å². The number of hydrogen-bond donors (Lipinski definition) is 0. The molecule has 0 spiro atoms. The van der Waals surface area contributed by atoms with Crippen molar-refractivity contribution in [2.75, 3.05) is 19.6 Å². The molecular weight excluding hydrogens is 631 g/mol. The minimum atomic E-state index is -1.51. The molecule has 4 aromatic rings. The lowest BCUT2D eigenvalue weighted by Gasteiger charge is -2.36. The zero-order valence-electron chi connectivity index (χ0n) is 27.7. The van der Waals surface area contributed by atoms with Crippen molar-refractivity contribution in [3.8, 4) is 17.0 Å². The van der Waals surface area contributed by atoms with E-state index >= 15 is 0 Å². The maximum atomic E-state index is 14.0. The van der Waals surface area contributed by atoms with E-state index in [1.807, 2.05) is 49.0 Å². The van der Waals surface area contributed by atoms with Gasteiger partial charge in [-0.15, -0.1) is 5.10 Å². The zero-order chi connectivity index (χ0) is 34.3. The molecule has 2 saturated heterocycles. The molecule has 2 amide bonds. The van der Waals surface area contributed by atoms with Gasteiger partial charge in [0.05, 0.1) is 18.3 Å². The number of ether oxygens (including phenoxy) is 1. The highest BCUT2D eigenvalue weighted by molar-refractivity contribution is 6.00. The van der Waals surface area contributed by atoms with Gasteiger partial charge in [-0.25, -0.2) is 17.9 Å². The molecule has 49 heavy (non-hydrogen) atoms. The Balaban J connectivity index is 0.965. The molecule has 3 fully saturated rings.